The number of Topliss-reactive ketones (excluding diaryl/α,β-unsaturated/α-hetero) is 1. The van der Waals surface area contributed by atoms with Crippen LogP contribution in [0.5, 0.6) is 0 Å². The molecular weight excluding hydrogens is 391 g/mol. The summed E-state index contributed by atoms with van der Waals surface area (Å²) in [6.07, 6.45) is 0. The minimum Gasteiger partial charge on any atom is -0.431 e. The molecule has 3 rings (SSSR count). The van der Waals surface area contributed by atoms with E-state index in [0.29, 0.717) is 16.7 Å². The van der Waals surface area contributed by atoms with Crippen molar-refractivity contribution < 1.29 is 22.0 Å². The highest BCUT2D eigenvalue weighted by Gasteiger charge is 2.22. The summed E-state index contributed by atoms with van der Waals surface area (Å²) in [5, 5.41) is -0.249. The molecule has 3 aromatic rings. The molecule has 27 heavy (non-hydrogen) atoms. The largest absolute Gasteiger partial charge is 0.431 e. The van der Waals surface area contributed by atoms with E-state index in [2.05, 4.69) is 4.98 Å². The van der Waals surface area contributed by atoms with E-state index in [0.717, 1.165) is 16.1 Å². The van der Waals surface area contributed by atoms with Gasteiger partial charge >= 0.3 is 0 Å². The van der Waals surface area contributed by atoms with E-state index in [-0.39, 0.29) is 15.9 Å². The predicted octanol–water partition coefficient (Wildman–Crippen LogP) is 3.58. The highest BCUT2D eigenvalue weighted by Crippen LogP contribution is 2.29. The lowest BCUT2D eigenvalue weighted by Gasteiger charge is -2.10. The molecule has 0 aliphatic rings. The van der Waals surface area contributed by atoms with E-state index in [1.54, 1.807) is 6.92 Å². The highest BCUT2D eigenvalue weighted by atomic mass is 32.2. The van der Waals surface area contributed by atoms with Crippen molar-refractivity contribution in [3.8, 4) is 0 Å². The zero-order chi connectivity index (χ0) is 19.8. The molecule has 0 aliphatic carbocycles. The summed E-state index contributed by atoms with van der Waals surface area (Å²) in [6, 6.07) is 9.75. The molecule has 0 N–H and O–H groups in total. The second-order valence-electron chi connectivity index (χ2n) is 6.03. The fourth-order valence-electron chi connectivity index (χ4n) is 2.36. The molecule has 1 aromatic heterocycles. The molecule has 1 heterocycles. The average Bonchev–Trinajstić information content (AvgIpc) is 3.02. The number of benzene rings is 2. The van der Waals surface area contributed by atoms with E-state index >= 15 is 0 Å². The molecule has 142 valence electrons. The van der Waals surface area contributed by atoms with Gasteiger partial charge in [0.2, 0.25) is 10.0 Å². The van der Waals surface area contributed by atoms with Gasteiger partial charge < -0.3 is 4.42 Å². The second-order valence-corrected chi connectivity index (χ2v) is 9.47. The summed E-state index contributed by atoms with van der Waals surface area (Å²) in [4.78, 5) is 16.8. The molecule has 6 nitrogen and oxygen atoms in total. The van der Waals surface area contributed by atoms with Gasteiger partial charge in [-0.05, 0) is 49.4 Å². The molecule has 0 saturated carbocycles. The summed E-state index contributed by atoms with van der Waals surface area (Å²) in [7, 11) is -0.674. The molecule has 2 aromatic carbocycles. The van der Waals surface area contributed by atoms with Gasteiger partial charge in [-0.3, -0.25) is 4.79 Å². The van der Waals surface area contributed by atoms with Crippen LogP contribution in [0.1, 0.15) is 17.3 Å². The third-order valence-corrected chi connectivity index (χ3v) is 6.65. The first kappa shape index (κ1) is 19.5. The van der Waals surface area contributed by atoms with Gasteiger partial charge in [0.15, 0.2) is 11.4 Å². The van der Waals surface area contributed by atoms with E-state index in [1.165, 1.54) is 56.6 Å². The summed E-state index contributed by atoms with van der Waals surface area (Å²) in [6.45, 7) is 1.70. The van der Waals surface area contributed by atoms with Gasteiger partial charge in [-0.2, -0.15) is 0 Å². The number of sulfonamides is 1. The maximum absolute atomic E-state index is 13.0. The van der Waals surface area contributed by atoms with Crippen molar-refractivity contribution in [3.63, 3.8) is 0 Å². The number of rotatable bonds is 6. The van der Waals surface area contributed by atoms with Crippen LogP contribution in [-0.2, 0) is 10.0 Å². The number of halogens is 1. The number of aromatic nitrogens is 1. The summed E-state index contributed by atoms with van der Waals surface area (Å²) < 4.78 is 44.2. The Kier molecular flexibility index (Phi) is 5.36. The standard InChI is InChI=1S/C18H17FN2O4S2/c1-11(17(22)12-4-6-13(19)7-5-12)26-18-20-15-10-14(8-9-16(15)25-18)27(23,24)21(2)3/h4-11H,1-3H3/t11-/m0/s1. The van der Waals surface area contributed by atoms with Gasteiger partial charge in [-0.15, -0.1) is 0 Å². The van der Waals surface area contributed by atoms with Gasteiger partial charge in [0.05, 0.1) is 10.1 Å². The molecule has 0 radical (unpaired) electrons. The number of thioether (sulfide) groups is 1. The summed E-state index contributed by atoms with van der Waals surface area (Å²) in [5.74, 6) is -0.590. The van der Waals surface area contributed by atoms with Crippen LogP contribution in [0.25, 0.3) is 11.1 Å². The molecule has 0 bridgehead atoms. The topological polar surface area (TPSA) is 80.5 Å². The molecule has 0 saturated heterocycles. The zero-order valence-corrected chi connectivity index (χ0v) is 16.5. The van der Waals surface area contributed by atoms with Crippen molar-refractivity contribution in [3.05, 3.63) is 53.8 Å². The normalized spacial score (nSPS) is 13.2. The fourth-order valence-corrected chi connectivity index (χ4v) is 4.12. The second kappa shape index (κ2) is 7.41. The number of hydrogen-bond acceptors (Lipinski definition) is 6. The lowest BCUT2D eigenvalue weighted by atomic mass is 10.1. The Hall–Kier alpha value is -2.23. The minimum absolute atomic E-state index is 0.111. The van der Waals surface area contributed by atoms with E-state index < -0.39 is 21.1 Å². The van der Waals surface area contributed by atoms with Crippen LogP contribution in [-0.4, -0.2) is 42.8 Å². The lowest BCUT2D eigenvalue weighted by molar-refractivity contribution is 0.0993. The van der Waals surface area contributed by atoms with Crippen LogP contribution < -0.4 is 0 Å². The van der Waals surface area contributed by atoms with E-state index in [4.69, 9.17) is 4.42 Å². The number of hydrogen-bond donors (Lipinski definition) is 0. The Morgan fingerprint density at radius 2 is 1.85 bits per heavy atom. The van der Waals surface area contributed by atoms with Crippen molar-refractivity contribution in [1.82, 2.24) is 9.29 Å². The number of nitrogens with zero attached hydrogens (tertiary/aromatic N) is 2. The summed E-state index contributed by atoms with van der Waals surface area (Å²) >= 11 is 1.12. The molecule has 0 spiro atoms. The molecule has 0 amide bonds. The average molecular weight is 408 g/mol. The minimum atomic E-state index is -3.58. The number of fused-ring (bicyclic) bond motifs is 1. The van der Waals surface area contributed by atoms with E-state index in [1.807, 2.05) is 0 Å². The van der Waals surface area contributed by atoms with Crippen LogP contribution in [0, 0.1) is 5.82 Å². The van der Waals surface area contributed by atoms with Gasteiger partial charge in [-0.1, -0.05) is 11.8 Å². The van der Waals surface area contributed by atoms with Crippen molar-refractivity contribution in [2.24, 2.45) is 0 Å². The van der Waals surface area contributed by atoms with Gasteiger partial charge in [0, 0.05) is 19.7 Å². The highest BCUT2D eigenvalue weighted by molar-refractivity contribution is 8.00. The van der Waals surface area contributed by atoms with Crippen molar-refractivity contribution in [2.45, 2.75) is 22.3 Å². The molecule has 1 atom stereocenters. The van der Waals surface area contributed by atoms with Gasteiger partial charge in [0.1, 0.15) is 11.3 Å². The Morgan fingerprint density at radius 1 is 1.19 bits per heavy atom. The monoisotopic (exact) mass is 408 g/mol. The van der Waals surface area contributed by atoms with E-state index in [9.17, 15) is 17.6 Å². The molecule has 0 fully saturated rings. The van der Waals surface area contributed by atoms with Crippen LogP contribution in [0.2, 0.25) is 0 Å². The number of ketones is 1. The van der Waals surface area contributed by atoms with Gasteiger partial charge in [0.25, 0.3) is 5.22 Å². The zero-order valence-electron chi connectivity index (χ0n) is 14.8. The Balaban J connectivity index is 1.83. The Bertz CT molecular complexity index is 1090. The Morgan fingerprint density at radius 3 is 2.48 bits per heavy atom. The SMILES string of the molecule is C[C@H](Sc1nc2cc(S(=O)(=O)N(C)C)ccc2o1)C(=O)c1ccc(F)cc1. The molecule has 0 unspecified atom stereocenters. The maximum Gasteiger partial charge on any atom is 0.257 e. The molecular formula is C18H17FN2O4S2. The van der Waals surface area contributed by atoms with Crippen LogP contribution in [0.4, 0.5) is 4.39 Å². The van der Waals surface area contributed by atoms with Crippen molar-refractivity contribution in [2.75, 3.05) is 14.1 Å². The quantitative estimate of drug-likeness (QED) is 0.458. The molecule has 9 heteroatoms. The maximum atomic E-state index is 13.0. The first-order chi connectivity index (χ1) is 12.7. The predicted molar refractivity (Wildman–Crippen MR) is 101 cm³/mol. The summed E-state index contributed by atoms with van der Waals surface area (Å²) in [5.41, 5.74) is 1.21. The Labute approximate surface area is 160 Å². The fraction of sp³-hybridized carbons (Fsp3) is 0.222. The lowest BCUT2D eigenvalue weighted by Crippen LogP contribution is -2.22. The third-order valence-electron chi connectivity index (χ3n) is 3.89. The first-order valence-corrected chi connectivity index (χ1v) is 10.3. The van der Waals surface area contributed by atoms with Crippen molar-refractivity contribution >= 4 is 38.7 Å². The van der Waals surface area contributed by atoms with Gasteiger partial charge in [-0.25, -0.2) is 22.1 Å². The van der Waals surface area contributed by atoms with Crippen molar-refractivity contribution in [1.29, 1.82) is 0 Å². The third kappa shape index (κ3) is 4.05. The smallest absolute Gasteiger partial charge is 0.257 e. The number of carbonyl (C=O) groups is 1. The first-order valence-electron chi connectivity index (χ1n) is 7.98. The molecule has 0 aliphatic heterocycles. The van der Waals surface area contributed by atoms with Crippen LogP contribution in [0.15, 0.2) is 57.0 Å². The van der Waals surface area contributed by atoms with Crippen LogP contribution >= 0.6 is 11.8 Å². The number of oxazole rings is 1. The van der Waals surface area contributed by atoms with Crippen LogP contribution in [0.3, 0.4) is 0 Å². The number of carbonyl (C=O) groups excluding carboxylic acids is 1.